The maximum atomic E-state index is 13.2. The minimum atomic E-state index is -0.580. The van der Waals surface area contributed by atoms with Gasteiger partial charge in [-0.3, -0.25) is 9.59 Å². The molecule has 0 saturated heterocycles. The average Bonchev–Trinajstić information content (AvgIpc) is 2.66. The van der Waals surface area contributed by atoms with Gasteiger partial charge in [0.25, 0.3) is 0 Å². The molecule has 28 heavy (non-hydrogen) atoms. The molecule has 0 aliphatic heterocycles. The summed E-state index contributed by atoms with van der Waals surface area (Å²) >= 11 is 0. The van der Waals surface area contributed by atoms with Crippen LogP contribution in [0.2, 0.25) is 0 Å². The Labute approximate surface area is 165 Å². The molecule has 4 nitrogen and oxygen atoms in total. The van der Waals surface area contributed by atoms with Gasteiger partial charge >= 0.3 is 11.9 Å². The molecule has 0 aromatic heterocycles. The third kappa shape index (κ3) is 2.92. The van der Waals surface area contributed by atoms with Crippen LogP contribution >= 0.6 is 0 Å². The van der Waals surface area contributed by atoms with Crippen LogP contribution in [0, 0.1) is 11.8 Å². The first-order valence-corrected chi connectivity index (χ1v) is 9.98. The molecule has 0 spiro atoms. The first-order chi connectivity index (χ1) is 13.4. The van der Waals surface area contributed by atoms with Crippen LogP contribution in [-0.2, 0) is 19.1 Å². The van der Waals surface area contributed by atoms with Crippen molar-refractivity contribution in [3.05, 3.63) is 70.8 Å². The van der Waals surface area contributed by atoms with Gasteiger partial charge in [0.1, 0.15) is 0 Å². The van der Waals surface area contributed by atoms with Crippen LogP contribution in [0.4, 0.5) is 0 Å². The van der Waals surface area contributed by atoms with Gasteiger partial charge in [0.05, 0.1) is 24.0 Å². The van der Waals surface area contributed by atoms with E-state index in [2.05, 4.69) is 24.3 Å². The lowest BCUT2D eigenvalue weighted by Gasteiger charge is -2.48. The van der Waals surface area contributed by atoms with Gasteiger partial charge in [-0.15, -0.1) is 0 Å². The fourth-order valence-corrected chi connectivity index (χ4v) is 4.87. The van der Waals surface area contributed by atoms with E-state index < -0.39 is 11.8 Å². The molecule has 0 heterocycles. The summed E-state index contributed by atoms with van der Waals surface area (Å²) in [6.07, 6.45) is -0.472. The first-order valence-electron chi connectivity index (χ1n) is 9.98. The molecule has 2 aromatic carbocycles. The Hall–Kier alpha value is -2.62. The predicted molar refractivity (Wildman–Crippen MR) is 106 cm³/mol. The summed E-state index contributed by atoms with van der Waals surface area (Å²) in [5.41, 5.74) is 4.46. The molecule has 146 valence electrons. The first kappa shape index (κ1) is 18.7. The van der Waals surface area contributed by atoms with E-state index >= 15 is 0 Å². The molecule has 3 aliphatic rings. The van der Waals surface area contributed by atoms with Crippen molar-refractivity contribution in [2.45, 2.75) is 51.7 Å². The van der Waals surface area contributed by atoms with Crippen LogP contribution in [-0.4, -0.2) is 24.1 Å². The molecule has 5 rings (SSSR count). The Morgan fingerprint density at radius 1 is 0.643 bits per heavy atom. The second-order valence-corrected chi connectivity index (χ2v) is 8.24. The van der Waals surface area contributed by atoms with Crippen LogP contribution < -0.4 is 0 Å². The molecule has 2 aromatic rings. The topological polar surface area (TPSA) is 52.6 Å². The number of carbonyl (C=O) groups excluding carboxylic acids is 2. The molecule has 0 amide bonds. The maximum Gasteiger partial charge on any atom is 0.311 e. The summed E-state index contributed by atoms with van der Waals surface area (Å²) in [5, 5.41) is 0. The Morgan fingerprint density at radius 2 is 0.929 bits per heavy atom. The quantitative estimate of drug-likeness (QED) is 0.740. The highest BCUT2D eigenvalue weighted by molar-refractivity contribution is 5.88. The van der Waals surface area contributed by atoms with E-state index in [1.165, 1.54) is 0 Å². The van der Waals surface area contributed by atoms with E-state index in [0.717, 1.165) is 22.3 Å². The van der Waals surface area contributed by atoms with Gasteiger partial charge in [0.2, 0.25) is 0 Å². The summed E-state index contributed by atoms with van der Waals surface area (Å²) in [5.74, 6) is -2.20. The number of hydrogen-bond donors (Lipinski definition) is 0. The molecular weight excluding hydrogens is 352 g/mol. The van der Waals surface area contributed by atoms with Gasteiger partial charge in [-0.1, -0.05) is 48.5 Å². The molecule has 0 unspecified atom stereocenters. The monoisotopic (exact) mass is 378 g/mol. The van der Waals surface area contributed by atoms with Crippen LogP contribution in [0.15, 0.2) is 48.5 Å². The maximum absolute atomic E-state index is 13.2. The van der Waals surface area contributed by atoms with Gasteiger partial charge in [0, 0.05) is 11.8 Å². The Morgan fingerprint density at radius 3 is 1.18 bits per heavy atom. The molecule has 4 heteroatoms. The second-order valence-electron chi connectivity index (χ2n) is 8.24. The summed E-state index contributed by atoms with van der Waals surface area (Å²) in [6.45, 7) is 7.34. The SMILES string of the molecule is CC(C)OC(=O)[C@@H]1C2c3ccccc3C(c3ccccc32)[C@@H]1C(=O)OC(C)C. The van der Waals surface area contributed by atoms with Crippen LogP contribution in [0.25, 0.3) is 0 Å². The van der Waals surface area contributed by atoms with E-state index in [4.69, 9.17) is 9.47 Å². The fourth-order valence-electron chi connectivity index (χ4n) is 4.87. The number of fused-ring (bicyclic) bond motifs is 1. The van der Waals surface area contributed by atoms with Crippen molar-refractivity contribution in [2.24, 2.45) is 11.8 Å². The van der Waals surface area contributed by atoms with Gasteiger partial charge in [-0.05, 0) is 49.9 Å². The van der Waals surface area contributed by atoms with Crippen LogP contribution in [0.5, 0.6) is 0 Å². The number of esters is 2. The number of hydrogen-bond acceptors (Lipinski definition) is 4. The van der Waals surface area contributed by atoms with Gasteiger partial charge in [-0.2, -0.15) is 0 Å². The van der Waals surface area contributed by atoms with Crippen LogP contribution in [0.3, 0.4) is 0 Å². The lowest BCUT2D eigenvalue weighted by molar-refractivity contribution is -0.167. The van der Waals surface area contributed by atoms with E-state index in [1.54, 1.807) is 0 Å². The van der Waals surface area contributed by atoms with Gasteiger partial charge < -0.3 is 9.47 Å². The summed E-state index contributed by atoms with van der Waals surface area (Å²) in [7, 11) is 0. The number of benzene rings is 2. The summed E-state index contributed by atoms with van der Waals surface area (Å²) in [4.78, 5) is 26.4. The van der Waals surface area contributed by atoms with Gasteiger partial charge in [0.15, 0.2) is 0 Å². The molecular formula is C24H26O4. The highest BCUT2D eigenvalue weighted by atomic mass is 16.6. The highest BCUT2D eigenvalue weighted by Gasteiger charge is 2.56. The Balaban J connectivity index is 1.91. The van der Waals surface area contributed by atoms with Crippen LogP contribution in [0.1, 0.15) is 61.8 Å². The Bertz CT molecular complexity index is 793. The molecule has 2 atom stereocenters. The van der Waals surface area contributed by atoms with E-state index in [1.807, 2.05) is 52.0 Å². The molecule has 0 saturated carbocycles. The highest BCUT2D eigenvalue weighted by Crippen LogP contribution is 2.58. The average molecular weight is 378 g/mol. The number of carbonyl (C=O) groups is 2. The van der Waals surface area contributed by atoms with Gasteiger partial charge in [-0.25, -0.2) is 0 Å². The van der Waals surface area contributed by atoms with Crippen molar-refractivity contribution in [3.8, 4) is 0 Å². The molecule has 3 aliphatic carbocycles. The minimum absolute atomic E-state index is 0.201. The van der Waals surface area contributed by atoms with E-state index in [-0.39, 0.29) is 36.0 Å². The molecule has 2 bridgehead atoms. The van der Waals surface area contributed by atoms with Crippen molar-refractivity contribution in [1.82, 2.24) is 0 Å². The normalized spacial score (nSPS) is 24.6. The van der Waals surface area contributed by atoms with Crippen molar-refractivity contribution in [1.29, 1.82) is 0 Å². The lowest BCUT2D eigenvalue weighted by Crippen LogP contribution is -2.48. The smallest absolute Gasteiger partial charge is 0.311 e. The number of rotatable bonds is 4. The third-order valence-electron chi connectivity index (χ3n) is 5.69. The predicted octanol–water partition coefficient (Wildman–Crippen LogP) is 4.41. The van der Waals surface area contributed by atoms with Crippen molar-refractivity contribution in [2.75, 3.05) is 0 Å². The lowest BCUT2D eigenvalue weighted by atomic mass is 9.54. The Kier molecular flexibility index (Phi) is 4.74. The minimum Gasteiger partial charge on any atom is -0.463 e. The third-order valence-corrected chi connectivity index (χ3v) is 5.69. The number of ether oxygens (including phenoxy) is 2. The van der Waals surface area contributed by atoms with Crippen molar-refractivity contribution in [3.63, 3.8) is 0 Å². The van der Waals surface area contributed by atoms with Crippen molar-refractivity contribution >= 4 is 11.9 Å². The molecule has 0 radical (unpaired) electrons. The summed E-state index contributed by atoms with van der Waals surface area (Å²) < 4.78 is 11.2. The second kappa shape index (κ2) is 7.08. The largest absolute Gasteiger partial charge is 0.463 e. The standard InChI is InChI=1S/C24H26O4/c1-13(2)27-23(25)21-19-15-9-5-7-11-17(15)20(18-12-8-6-10-16(18)19)22(21)24(26)28-14(3)4/h5-14,19-22H,1-4H3/t19?,20?,21-,22+. The fraction of sp³-hybridized carbons (Fsp3) is 0.417. The molecule has 0 fully saturated rings. The van der Waals surface area contributed by atoms with E-state index in [9.17, 15) is 9.59 Å². The zero-order valence-corrected chi connectivity index (χ0v) is 16.7. The van der Waals surface area contributed by atoms with Crippen molar-refractivity contribution < 1.29 is 19.1 Å². The van der Waals surface area contributed by atoms with E-state index in [0.29, 0.717) is 0 Å². The molecule has 0 N–H and O–H groups in total. The zero-order chi connectivity index (χ0) is 20.0. The zero-order valence-electron chi connectivity index (χ0n) is 16.7. The summed E-state index contributed by atoms with van der Waals surface area (Å²) in [6, 6.07) is 16.3.